The molecule has 0 aromatic heterocycles. The van der Waals surface area contributed by atoms with Crippen LogP contribution in [0.3, 0.4) is 0 Å². The van der Waals surface area contributed by atoms with E-state index in [2.05, 4.69) is 18.7 Å². The average molecular weight is 1160 g/mol. The highest BCUT2D eigenvalue weighted by atomic mass is 16.6. The van der Waals surface area contributed by atoms with Crippen LogP contribution in [0.4, 0.5) is 0 Å². The van der Waals surface area contributed by atoms with Crippen molar-refractivity contribution in [1.82, 2.24) is 0 Å². The Labute approximate surface area is 484 Å². The van der Waals surface area contributed by atoms with Gasteiger partial charge in [0.1, 0.15) is 50.3 Å². The minimum absolute atomic E-state index is 0.0310. The molecule has 0 saturated heterocycles. The maximum Gasteiger partial charge on any atom is 0.343 e. The summed E-state index contributed by atoms with van der Waals surface area (Å²) in [6.45, 7) is 8.62. The van der Waals surface area contributed by atoms with Crippen molar-refractivity contribution in [3.63, 3.8) is 0 Å². The van der Waals surface area contributed by atoms with Crippen molar-refractivity contribution in [2.45, 2.75) is 38.5 Å². The van der Waals surface area contributed by atoms with E-state index in [9.17, 15) is 28.8 Å². The molecular weight excluding hydrogens is 1080 g/mol. The van der Waals surface area contributed by atoms with Crippen molar-refractivity contribution >= 4 is 35.8 Å². The molecule has 0 unspecified atom stereocenters. The molecule has 0 amide bonds. The summed E-state index contributed by atoms with van der Waals surface area (Å²) in [5.74, 6) is -2.00. The van der Waals surface area contributed by atoms with Crippen molar-refractivity contribution in [3.05, 3.63) is 151 Å². The van der Waals surface area contributed by atoms with E-state index in [0.29, 0.717) is 81.9 Å². The second-order valence-electron chi connectivity index (χ2n) is 17.4. The molecule has 21 nitrogen and oxygen atoms in total. The molecule has 0 radical (unpaired) electrons. The van der Waals surface area contributed by atoms with Crippen molar-refractivity contribution in [3.8, 4) is 28.4 Å². The van der Waals surface area contributed by atoms with Gasteiger partial charge in [-0.15, -0.1) is 0 Å². The molecule has 0 atom stereocenters. The Balaban J connectivity index is 0.949. The summed E-state index contributed by atoms with van der Waals surface area (Å²) in [7, 11) is 0. The quantitative estimate of drug-likeness (QED) is 0.0111. The summed E-state index contributed by atoms with van der Waals surface area (Å²) in [5, 5.41) is 8.69. The lowest BCUT2D eigenvalue weighted by Gasteiger charge is -2.09. The molecule has 0 aliphatic carbocycles. The molecule has 0 fully saturated rings. The summed E-state index contributed by atoms with van der Waals surface area (Å²) < 4.78 is 75.1. The highest BCUT2D eigenvalue weighted by Crippen LogP contribution is 2.24. The molecule has 0 saturated carbocycles. The van der Waals surface area contributed by atoms with E-state index in [1.165, 1.54) is 24.3 Å². The summed E-state index contributed by atoms with van der Waals surface area (Å²) in [6, 6.07) is 26.1. The molecule has 0 bridgehead atoms. The Morgan fingerprint density at radius 3 is 1.18 bits per heavy atom. The number of rotatable bonds is 46. The zero-order chi connectivity index (χ0) is 59.2. The molecule has 4 aromatic carbocycles. The zero-order valence-corrected chi connectivity index (χ0v) is 46.8. The second-order valence-corrected chi connectivity index (χ2v) is 17.4. The van der Waals surface area contributed by atoms with Gasteiger partial charge in [0.25, 0.3) is 0 Å². The predicted octanol–water partition coefficient (Wildman–Crippen LogP) is 7.70. The Morgan fingerprint density at radius 2 is 0.711 bits per heavy atom. The Bertz CT molecular complexity index is 2530. The third kappa shape index (κ3) is 32.0. The van der Waals surface area contributed by atoms with Crippen LogP contribution in [0, 0.1) is 0 Å². The van der Waals surface area contributed by atoms with Crippen molar-refractivity contribution in [2.75, 3.05) is 132 Å². The van der Waals surface area contributed by atoms with Crippen LogP contribution in [0.5, 0.6) is 17.2 Å². The number of hydrogen-bond acceptors (Lipinski definition) is 21. The van der Waals surface area contributed by atoms with Gasteiger partial charge < -0.3 is 71.4 Å². The number of hydrogen-bond donors (Lipinski definition) is 1. The average Bonchev–Trinajstić information content (AvgIpc) is 3.51. The first-order valence-corrected chi connectivity index (χ1v) is 27.4. The first-order chi connectivity index (χ1) is 40.6. The van der Waals surface area contributed by atoms with Crippen LogP contribution in [-0.2, 0) is 66.5 Å². The van der Waals surface area contributed by atoms with Crippen molar-refractivity contribution in [2.24, 2.45) is 0 Å². The van der Waals surface area contributed by atoms with E-state index < -0.39 is 35.8 Å². The Hall–Kier alpha value is -7.60. The van der Waals surface area contributed by atoms with Gasteiger partial charge in [-0.2, -0.15) is 0 Å². The fourth-order valence-corrected chi connectivity index (χ4v) is 6.86. The molecule has 450 valence electrons. The number of aliphatic hydroxyl groups is 1. The molecule has 0 aliphatic rings. The number of ether oxygens (including phenoxy) is 14. The fourth-order valence-electron chi connectivity index (χ4n) is 6.86. The fraction of sp³-hybridized carbons (Fsp3) is 0.419. The minimum Gasteiger partial charge on any atom is -0.491 e. The van der Waals surface area contributed by atoms with Crippen LogP contribution in [-0.4, -0.2) is 173 Å². The van der Waals surface area contributed by atoms with Crippen LogP contribution < -0.4 is 14.2 Å². The zero-order valence-electron chi connectivity index (χ0n) is 46.8. The highest BCUT2D eigenvalue weighted by Gasteiger charge is 2.14. The van der Waals surface area contributed by atoms with Gasteiger partial charge in [-0.1, -0.05) is 55.1 Å². The Morgan fingerprint density at radius 1 is 0.361 bits per heavy atom. The number of carbonyl (C=O) groups excluding carboxylic acids is 6. The third-order valence-corrected chi connectivity index (χ3v) is 11.1. The molecule has 4 rings (SSSR count). The van der Waals surface area contributed by atoms with Crippen LogP contribution in [0.2, 0.25) is 0 Å². The van der Waals surface area contributed by atoms with Crippen LogP contribution >= 0.6 is 0 Å². The SMILES string of the molecule is C=CC(=O)OCCOCCOCCOc1ccc(C(=O)Oc2ccc(C(=O)Oc3ccc(-c4ccc(C(=O)OCCOCCOCCOC(=O)CCCC(=O)OCCOCCOCCOCC/C=C\CC/C=C\CO)cc4)cc3)cc2)cc1. The number of unbranched alkanes of at least 4 members (excludes halogenated alkanes) is 1. The summed E-state index contributed by atoms with van der Waals surface area (Å²) >= 11 is 0. The lowest BCUT2D eigenvalue weighted by Crippen LogP contribution is -2.15. The van der Waals surface area contributed by atoms with E-state index in [4.69, 9.17) is 71.4 Å². The molecule has 21 heteroatoms. The smallest absolute Gasteiger partial charge is 0.343 e. The van der Waals surface area contributed by atoms with Gasteiger partial charge in [0.15, 0.2) is 0 Å². The lowest BCUT2D eigenvalue weighted by molar-refractivity contribution is -0.147. The van der Waals surface area contributed by atoms with Crippen molar-refractivity contribution < 1.29 is 100 Å². The molecule has 0 heterocycles. The maximum absolute atomic E-state index is 12.9. The third-order valence-electron chi connectivity index (χ3n) is 11.1. The van der Waals surface area contributed by atoms with Gasteiger partial charge in [-0.05, 0) is 110 Å². The van der Waals surface area contributed by atoms with E-state index in [-0.39, 0.29) is 103 Å². The van der Waals surface area contributed by atoms with Gasteiger partial charge >= 0.3 is 35.8 Å². The molecule has 1 N–H and O–H groups in total. The van der Waals surface area contributed by atoms with Gasteiger partial charge in [-0.3, -0.25) is 9.59 Å². The minimum atomic E-state index is -0.606. The predicted molar refractivity (Wildman–Crippen MR) is 302 cm³/mol. The molecule has 0 aliphatic heterocycles. The first-order valence-electron chi connectivity index (χ1n) is 27.4. The molecule has 0 spiro atoms. The summed E-state index contributed by atoms with van der Waals surface area (Å²) in [6.07, 6.45) is 12.1. The number of carbonyl (C=O) groups is 6. The van der Waals surface area contributed by atoms with Gasteiger partial charge in [0, 0.05) is 18.9 Å². The van der Waals surface area contributed by atoms with Crippen LogP contribution in [0.15, 0.2) is 134 Å². The number of allylic oxidation sites excluding steroid dienone is 2. The molecular formula is C62H76O21. The van der Waals surface area contributed by atoms with E-state index in [1.54, 1.807) is 78.9 Å². The van der Waals surface area contributed by atoms with E-state index >= 15 is 0 Å². The highest BCUT2D eigenvalue weighted by molar-refractivity contribution is 5.93. The van der Waals surface area contributed by atoms with E-state index in [1.807, 2.05) is 6.08 Å². The largest absolute Gasteiger partial charge is 0.491 e. The van der Waals surface area contributed by atoms with Gasteiger partial charge in [0.05, 0.1) is 116 Å². The summed E-state index contributed by atoms with van der Waals surface area (Å²) in [5.41, 5.74) is 2.54. The van der Waals surface area contributed by atoms with Gasteiger partial charge in [0.2, 0.25) is 0 Å². The maximum atomic E-state index is 12.9. The summed E-state index contributed by atoms with van der Waals surface area (Å²) in [4.78, 5) is 73.2. The molecule has 4 aromatic rings. The Kier molecular flexibility index (Phi) is 36.0. The van der Waals surface area contributed by atoms with E-state index in [0.717, 1.165) is 36.5 Å². The van der Waals surface area contributed by atoms with Crippen LogP contribution in [0.1, 0.15) is 69.6 Å². The van der Waals surface area contributed by atoms with Crippen molar-refractivity contribution in [1.29, 1.82) is 0 Å². The lowest BCUT2D eigenvalue weighted by atomic mass is 10.0. The molecule has 83 heavy (non-hydrogen) atoms. The number of esters is 6. The first kappa shape index (κ1) is 67.9. The second kappa shape index (κ2) is 44.0. The standard InChI is InChI=1S/C62H76O21/c1-2-57(64)78-45-40-73-36-35-72-39-44-77-54-23-19-52(20-24-54)61(68)83-56-27-21-53(22-28-56)62(69)82-55-25-17-50(18-26-55)49-13-15-51(16-14-49)60(67)81-48-43-76-38-37-75-42-47-80-59(66)12-10-11-58(65)79-46-41-74-34-33-71-32-31-70-30-9-7-5-3-4-6-8-29-63/h2,5-8,13-28,63H,1,3-4,9-12,29-48H2/b7-5-,8-6-. The number of aliphatic hydroxyl groups excluding tert-OH is 1. The van der Waals surface area contributed by atoms with Gasteiger partial charge in [-0.25, -0.2) is 19.2 Å². The monoisotopic (exact) mass is 1160 g/mol. The van der Waals surface area contributed by atoms with Crippen LogP contribution in [0.25, 0.3) is 11.1 Å². The normalized spacial score (nSPS) is 11.1. The topological polar surface area (TPSA) is 252 Å². The number of benzene rings is 4.